The van der Waals surface area contributed by atoms with Gasteiger partial charge in [0.15, 0.2) is 0 Å². The molecule has 1 saturated heterocycles. The molecule has 0 aromatic carbocycles. The first-order valence-corrected chi connectivity index (χ1v) is 9.75. The molecular formula is C12H24N2O2S2. The van der Waals surface area contributed by atoms with Gasteiger partial charge in [0.2, 0.25) is 10.0 Å². The molecule has 0 bridgehead atoms. The number of rotatable bonds is 9. The molecule has 1 atom stereocenters. The van der Waals surface area contributed by atoms with E-state index < -0.39 is 10.0 Å². The van der Waals surface area contributed by atoms with Crippen LogP contribution in [0.4, 0.5) is 0 Å². The number of hydrogen-bond acceptors (Lipinski definition) is 4. The van der Waals surface area contributed by atoms with Crippen molar-refractivity contribution in [2.45, 2.75) is 38.1 Å². The Kier molecular flexibility index (Phi) is 5.79. The molecule has 1 aliphatic heterocycles. The van der Waals surface area contributed by atoms with Crippen LogP contribution in [0.1, 0.15) is 32.1 Å². The quantitative estimate of drug-likeness (QED) is 0.627. The van der Waals surface area contributed by atoms with Gasteiger partial charge in [-0.05, 0) is 56.1 Å². The molecule has 2 rings (SSSR count). The summed E-state index contributed by atoms with van der Waals surface area (Å²) >= 11 is 1.92. The van der Waals surface area contributed by atoms with Crippen LogP contribution in [-0.2, 0) is 10.0 Å². The zero-order chi connectivity index (χ0) is 12.8. The van der Waals surface area contributed by atoms with E-state index in [1.165, 1.54) is 18.6 Å². The van der Waals surface area contributed by atoms with Gasteiger partial charge in [-0.3, -0.25) is 0 Å². The molecule has 2 fully saturated rings. The maximum absolute atomic E-state index is 11.8. The Morgan fingerprint density at radius 2 is 2.00 bits per heavy atom. The molecule has 0 aromatic rings. The van der Waals surface area contributed by atoms with Crippen molar-refractivity contribution in [3.63, 3.8) is 0 Å². The van der Waals surface area contributed by atoms with Crippen molar-refractivity contribution in [1.82, 2.24) is 10.0 Å². The van der Waals surface area contributed by atoms with Crippen molar-refractivity contribution in [1.29, 1.82) is 0 Å². The fourth-order valence-electron chi connectivity index (χ4n) is 2.07. The monoisotopic (exact) mass is 292 g/mol. The molecule has 106 valence electrons. The van der Waals surface area contributed by atoms with Crippen LogP contribution in [0, 0.1) is 5.92 Å². The van der Waals surface area contributed by atoms with Gasteiger partial charge in [-0.15, -0.1) is 0 Å². The van der Waals surface area contributed by atoms with E-state index in [1.807, 2.05) is 11.8 Å². The number of sulfonamides is 1. The summed E-state index contributed by atoms with van der Waals surface area (Å²) in [5, 5.41) is 3.40. The molecule has 1 aliphatic carbocycles. The second kappa shape index (κ2) is 7.12. The van der Waals surface area contributed by atoms with Gasteiger partial charge in [0.05, 0.1) is 5.75 Å². The Morgan fingerprint density at radius 1 is 1.17 bits per heavy atom. The zero-order valence-corrected chi connectivity index (χ0v) is 12.5. The summed E-state index contributed by atoms with van der Waals surface area (Å²) in [5.74, 6) is 3.10. The van der Waals surface area contributed by atoms with Crippen LogP contribution in [0.2, 0.25) is 0 Å². The Morgan fingerprint density at radius 3 is 2.67 bits per heavy atom. The van der Waals surface area contributed by atoms with Crippen molar-refractivity contribution in [3.8, 4) is 0 Å². The van der Waals surface area contributed by atoms with E-state index in [9.17, 15) is 8.42 Å². The highest BCUT2D eigenvalue weighted by Gasteiger charge is 2.20. The zero-order valence-electron chi connectivity index (χ0n) is 10.9. The fraction of sp³-hybridized carbons (Fsp3) is 1.00. The van der Waals surface area contributed by atoms with Crippen LogP contribution >= 0.6 is 11.8 Å². The van der Waals surface area contributed by atoms with E-state index in [-0.39, 0.29) is 5.75 Å². The molecule has 1 unspecified atom stereocenters. The lowest BCUT2D eigenvalue weighted by molar-refractivity contribution is 0.542. The van der Waals surface area contributed by atoms with Crippen molar-refractivity contribution >= 4 is 21.8 Å². The number of hydrogen-bond donors (Lipinski definition) is 2. The van der Waals surface area contributed by atoms with E-state index >= 15 is 0 Å². The van der Waals surface area contributed by atoms with Crippen LogP contribution in [0.15, 0.2) is 0 Å². The molecule has 0 spiro atoms. The van der Waals surface area contributed by atoms with Crippen molar-refractivity contribution in [2.75, 3.05) is 30.3 Å². The van der Waals surface area contributed by atoms with Gasteiger partial charge in [-0.25, -0.2) is 13.1 Å². The second-order valence-electron chi connectivity index (χ2n) is 5.33. The summed E-state index contributed by atoms with van der Waals surface area (Å²) in [4.78, 5) is 0. The Hall–Kier alpha value is 0.220. The van der Waals surface area contributed by atoms with Crippen LogP contribution in [0.3, 0.4) is 0 Å². The third-order valence-electron chi connectivity index (χ3n) is 3.47. The van der Waals surface area contributed by atoms with E-state index in [0.717, 1.165) is 37.6 Å². The number of nitrogens with one attached hydrogen (secondary N) is 2. The highest BCUT2D eigenvalue weighted by molar-refractivity contribution is 7.99. The first kappa shape index (κ1) is 14.6. The van der Waals surface area contributed by atoms with E-state index in [4.69, 9.17) is 0 Å². The summed E-state index contributed by atoms with van der Waals surface area (Å²) in [5.41, 5.74) is 0. The minimum atomic E-state index is -3.04. The molecule has 2 aliphatic rings. The van der Waals surface area contributed by atoms with Crippen molar-refractivity contribution in [3.05, 3.63) is 0 Å². The molecule has 0 aromatic heterocycles. The molecule has 0 amide bonds. The van der Waals surface area contributed by atoms with Crippen molar-refractivity contribution in [2.24, 2.45) is 5.92 Å². The van der Waals surface area contributed by atoms with Crippen LogP contribution < -0.4 is 10.0 Å². The van der Waals surface area contributed by atoms with Gasteiger partial charge < -0.3 is 5.32 Å². The predicted octanol–water partition coefficient (Wildman–Crippen LogP) is 1.19. The first-order chi connectivity index (χ1) is 8.66. The normalized spacial score (nSPS) is 24.6. The van der Waals surface area contributed by atoms with Gasteiger partial charge in [-0.2, -0.15) is 11.8 Å². The van der Waals surface area contributed by atoms with Crippen LogP contribution in [-0.4, -0.2) is 44.8 Å². The molecule has 2 N–H and O–H groups in total. The summed E-state index contributed by atoms with van der Waals surface area (Å²) < 4.78 is 26.3. The van der Waals surface area contributed by atoms with Gasteiger partial charge in [0.1, 0.15) is 0 Å². The fourth-order valence-corrected chi connectivity index (χ4v) is 4.57. The molecule has 18 heavy (non-hydrogen) atoms. The first-order valence-electron chi connectivity index (χ1n) is 6.94. The summed E-state index contributed by atoms with van der Waals surface area (Å²) in [7, 11) is -3.04. The topological polar surface area (TPSA) is 58.2 Å². The molecule has 1 heterocycles. The van der Waals surface area contributed by atoms with E-state index in [2.05, 4.69) is 10.0 Å². The second-order valence-corrected chi connectivity index (χ2v) is 8.41. The molecule has 0 radical (unpaired) electrons. The van der Waals surface area contributed by atoms with Gasteiger partial charge >= 0.3 is 0 Å². The predicted molar refractivity (Wildman–Crippen MR) is 77.5 cm³/mol. The largest absolute Gasteiger partial charge is 0.314 e. The molecular weight excluding hydrogens is 268 g/mol. The third-order valence-corrected chi connectivity index (χ3v) is 6.13. The lowest BCUT2D eigenvalue weighted by atomic mass is 10.1. The lowest BCUT2D eigenvalue weighted by Gasteiger charge is -2.10. The number of unbranched alkanes of at least 4 members (excludes halogenated alkanes) is 1. The average Bonchev–Trinajstić information content (AvgIpc) is 3.00. The standard InChI is InChI=1S/C12H24N2O2S2/c15-18(16,14-9-11-5-7-17-10-11)8-2-1-6-13-12-3-4-12/h11-14H,1-10H2. The maximum atomic E-state index is 11.8. The van der Waals surface area contributed by atoms with Crippen LogP contribution in [0.25, 0.3) is 0 Å². The Bertz CT molecular complexity index is 336. The highest BCUT2D eigenvalue weighted by Crippen LogP contribution is 2.22. The van der Waals surface area contributed by atoms with Crippen LogP contribution in [0.5, 0.6) is 0 Å². The minimum absolute atomic E-state index is 0.277. The lowest BCUT2D eigenvalue weighted by Crippen LogP contribution is -2.31. The minimum Gasteiger partial charge on any atom is -0.314 e. The number of thioether (sulfide) groups is 1. The average molecular weight is 292 g/mol. The molecule has 4 nitrogen and oxygen atoms in total. The molecule has 6 heteroatoms. The third kappa shape index (κ3) is 5.91. The Balaban J connectivity index is 1.51. The van der Waals surface area contributed by atoms with E-state index in [0.29, 0.717) is 12.5 Å². The smallest absolute Gasteiger partial charge is 0.211 e. The highest BCUT2D eigenvalue weighted by atomic mass is 32.2. The van der Waals surface area contributed by atoms with E-state index in [1.54, 1.807) is 0 Å². The summed E-state index contributed by atoms with van der Waals surface area (Å²) in [6.07, 6.45) is 5.45. The van der Waals surface area contributed by atoms with Gasteiger partial charge in [0.25, 0.3) is 0 Å². The maximum Gasteiger partial charge on any atom is 0.211 e. The Labute approximate surface area is 115 Å². The molecule has 1 saturated carbocycles. The summed E-state index contributed by atoms with van der Waals surface area (Å²) in [6, 6.07) is 0.722. The SMILES string of the molecule is O=S(=O)(CCCCNC1CC1)NCC1CCSC1. The van der Waals surface area contributed by atoms with Gasteiger partial charge in [-0.1, -0.05) is 0 Å². The van der Waals surface area contributed by atoms with Gasteiger partial charge in [0, 0.05) is 12.6 Å². The summed E-state index contributed by atoms with van der Waals surface area (Å²) in [6.45, 7) is 1.59. The van der Waals surface area contributed by atoms with Crippen molar-refractivity contribution < 1.29 is 8.42 Å².